The summed E-state index contributed by atoms with van der Waals surface area (Å²) in [5.41, 5.74) is 0.324. The molecule has 0 amide bonds. The molecule has 1 heterocycles. The molecule has 17 heavy (non-hydrogen) atoms. The fraction of sp³-hybridized carbons (Fsp3) is 1.00. The maximum atomic E-state index is 6.42. The van der Waals surface area contributed by atoms with Crippen LogP contribution in [-0.4, -0.2) is 16.5 Å². The Balaban J connectivity index is 1.43. The van der Waals surface area contributed by atoms with Gasteiger partial charge in [-0.2, -0.15) is 0 Å². The lowest BCUT2D eigenvalue weighted by Gasteiger charge is -2.33. The summed E-state index contributed by atoms with van der Waals surface area (Å²) in [6.45, 7) is 0. The zero-order valence-corrected chi connectivity index (χ0v) is 12.4. The molecule has 2 unspecified atom stereocenters. The van der Waals surface area contributed by atoms with Gasteiger partial charge in [-0.25, -0.2) is 0 Å². The maximum Gasteiger partial charge on any atom is 0.0687 e. The first-order valence-corrected chi connectivity index (χ1v) is 8.51. The molecule has 2 heteroatoms. The van der Waals surface area contributed by atoms with Crippen LogP contribution < -0.4 is 0 Å². The zero-order chi connectivity index (χ0) is 11.7. The van der Waals surface area contributed by atoms with Gasteiger partial charge in [0.2, 0.25) is 0 Å². The summed E-state index contributed by atoms with van der Waals surface area (Å²) in [6, 6.07) is 0. The van der Waals surface area contributed by atoms with Crippen LogP contribution in [0.4, 0.5) is 0 Å². The molecule has 1 aliphatic heterocycles. The second-order valence-electron chi connectivity index (χ2n) is 6.45. The lowest BCUT2D eigenvalue weighted by Crippen LogP contribution is -2.31. The summed E-state index contributed by atoms with van der Waals surface area (Å²) < 4.78 is 6.42. The Morgan fingerprint density at radius 1 is 1.06 bits per heavy atom. The van der Waals surface area contributed by atoms with Gasteiger partial charge in [0.1, 0.15) is 0 Å². The first-order valence-electron chi connectivity index (χ1n) is 7.59. The molecule has 1 nitrogen and oxygen atoms in total. The Labute approximate surface area is 114 Å². The van der Waals surface area contributed by atoms with Gasteiger partial charge in [-0.1, -0.05) is 35.2 Å². The lowest BCUT2D eigenvalue weighted by molar-refractivity contribution is -0.0660. The highest BCUT2D eigenvalue weighted by atomic mass is 79.9. The largest absolute Gasteiger partial charge is 0.372 e. The monoisotopic (exact) mass is 300 g/mol. The van der Waals surface area contributed by atoms with Crippen LogP contribution in [0.2, 0.25) is 0 Å². The zero-order valence-electron chi connectivity index (χ0n) is 10.8. The fourth-order valence-electron chi connectivity index (χ4n) is 3.70. The number of ether oxygens (including phenoxy) is 1. The lowest BCUT2D eigenvalue weighted by atomic mass is 9.83. The first-order chi connectivity index (χ1) is 8.27. The predicted molar refractivity (Wildman–Crippen MR) is 74.6 cm³/mol. The van der Waals surface area contributed by atoms with E-state index in [-0.39, 0.29) is 0 Å². The second kappa shape index (κ2) is 5.21. The van der Waals surface area contributed by atoms with Crippen molar-refractivity contribution < 1.29 is 4.74 Å². The van der Waals surface area contributed by atoms with E-state index in [0.29, 0.717) is 11.7 Å². The van der Waals surface area contributed by atoms with E-state index in [1.54, 1.807) is 0 Å². The molecule has 3 fully saturated rings. The number of rotatable bonds is 4. The van der Waals surface area contributed by atoms with Crippen molar-refractivity contribution in [1.29, 1.82) is 0 Å². The Morgan fingerprint density at radius 3 is 2.53 bits per heavy atom. The summed E-state index contributed by atoms with van der Waals surface area (Å²) in [5.74, 6) is 0.986. The summed E-state index contributed by atoms with van der Waals surface area (Å²) >= 11 is 3.84. The van der Waals surface area contributed by atoms with Crippen molar-refractivity contribution >= 4 is 15.9 Å². The van der Waals surface area contributed by atoms with Gasteiger partial charge in [-0.15, -0.1) is 0 Å². The molecular formula is C15H25BrO. The molecule has 2 aliphatic carbocycles. The number of hydrogen-bond acceptors (Lipinski definition) is 1. The van der Waals surface area contributed by atoms with Gasteiger partial charge < -0.3 is 4.74 Å². The van der Waals surface area contributed by atoms with Crippen molar-refractivity contribution in [3.63, 3.8) is 0 Å². The second-order valence-corrected chi connectivity index (χ2v) is 7.63. The van der Waals surface area contributed by atoms with Crippen molar-refractivity contribution in [2.24, 2.45) is 5.92 Å². The van der Waals surface area contributed by atoms with Gasteiger partial charge in [0.15, 0.2) is 0 Å². The molecule has 2 atom stereocenters. The Kier molecular flexibility index (Phi) is 3.82. The Morgan fingerprint density at radius 2 is 1.82 bits per heavy atom. The third-order valence-electron chi connectivity index (χ3n) is 5.00. The highest BCUT2D eigenvalue weighted by molar-refractivity contribution is 9.09. The summed E-state index contributed by atoms with van der Waals surface area (Å²) in [6.07, 6.45) is 15.7. The van der Waals surface area contributed by atoms with Gasteiger partial charge in [0, 0.05) is 4.83 Å². The summed E-state index contributed by atoms with van der Waals surface area (Å²) in [4.78, 5) is 0.772. The van der Waals surface area contributed by atoms with Crippen LogP contribution in [0.3, 0.4) is 0 Å². The van der Waals surface area contributed by atoms with Crippen molar-refractivity contribution in [2.45, 2.75) is 87.2 Å². The minimum absolute atomic E-state index is 0.324. The topological polar surface area (TPSA) is 9.23 Å². The molecule has 0 N–H and O–H groups in total. The average molecular weight is 301 g/mol. The van der Waals surface area contributed by atoms with Gasteiger partial charge in [-0.3, -0.25) is 0 Å². The van der Waals surface area contributed by atoms with Crippen LogP contribution in [0, 0.1) is 5.92 Å². The third kappa shape index (κ3) is 3.07. The number of halogens is 1. The van der Waals surface area contributed by atoms with E-state index in [4.69, 9.17) is 4.74 Å². The van der Waals surface area contributed by atoms with E-state index in [1.165, 1.54) is 70.6 Å². The molecule has 2 saturated carbocycles. The molecule has 3 rings (SSSR count). The molecule has 0 aromatic heterocycles. The minimum Gasteiger partial charge on any atom is -0.372 e. The molecule has 0 aromatic carbocycles. The van der Waals surface area contributed by atoms with Crippen LogP contribution in [0.1, 0.15) is 70.6 Å². The van der Waals surface area contributed by atoms with Gasteiger partial charge >= 0.3 is 0 Å². The van der Waals surface area contributed by atoms with Crippen molar-refractivity contribution in [1.82, 2.24) is 0 Å². The van der Waals surface area contributed by atoms with Crippen LogP contribution in [0.5, 0.6) is 0 Å². The molecule has 1 spiro atoms. The van der Waals surface area contributed by atoms with E-state index >= 15 is 0 Å². The fourth-order valence-corrected chi connectivity index (χ4v) is 4.49. The molecule has 98 valence electrons. The quantitative estimate of drug-likeness (QED) is 0.676. The standard InChI is InChI=1S/C15H25BrO/c16-14(12-4-5-12)7-6-13-8-11-15(17-13)9-2-1-3-10-15/h12-14H,1-11H2. The van der Waals surface area contributed by atoms with Crippen LogP contribution in [-0.2, 0) is 4.74 Å². The maximum absolute atomic E-state index is 6.42. The molecular weight excluding hydrogens is 276 g/mol. The van der Waals surface area contributed by atoms with Gasteiger partial charge in [0.25, 0.3) is 0 Å². The van der Waals surface area contributed by atoms with Crippen molar-refractivity contribution in [3.05, 3.63) is 0 Å². The number of hydrogen-bond donors (Lipinski definition) is 0. The Bertz CT molecular complexity index is 256. The summed E-state index contributed by atoms with van der Waals surface area (Å²) in [7, 11) is 0. The predicted octanol–water partition coefficient (Wildman–Crippen LogP) is 4.82. The normalized spacial score (nSPS) is 34.1. The summed E-state index contributed by atoms with van der Waals surface area (Å²) in [5, 5.41) is 0. The molecule has 0 bridgehead atoms. The molecule has 0 aromatic rings. The highest BCUT2D eigenvalue weighted by Gasteiger charge is 2.41. The van der Waals surface area contributed by atoms with E-state index in [0.717, 1.165) is 10.7 Å². The molecule has 1 saturated heterocycles. The average Bonchev–Trinajstić information content (AvgIpc) is 3.13. The van der Waals surface area contributed by atoms with E-state index in [9.17, 15) is 0 Å². The molecule has 3 aliphatic rings. The van der Waals surface area contributed by atoms with E-state index < -0.39 is 0 Å². The van der Waals surface area contributed by atoms with Crippen LogP contribution >= 0.6 is 15.9 Å². The van der Waals surface area contributed by atoms with E-state index in [2.05, 4.69) is 15.9 Å². The van der Waals surface area contributed by atoms with Crippen molar-refractivity contribution in [3.8, 4) is 0 Å². The van der Waals surface area contributed by atoms with Gasteiger partial charge in [0.05, 0.1) is 11.7 Å². The molecule has 0 radical (unpaired) electrons. The first kappa shape index (κ1) is 12.5. The minimum atomic E-state index is 0.324. The third-order valence-corrected chi connectivity index (χ3v) is 6.21. The SMILES string of the molecule is BrC(CCC1CCC2(CCCCC2)O1)C1CC1. The Hall–Kier alpha value is 0.440. The highest BCUT2D eigenvalue weighted by Crippen LogP contribution is 2.44. The van der Waals surface area contributed by atoms with Crippen LogP contribution in [0.25, 0.3) is 0 Å². The van der Waals surface area contributed by atoms with Crippen molar-refractivity contribution in [2.75, 3.05) is 0 Å². The van der Waals surface area contributed by atoms with E-state index in [1.807, 2.05) is 0 Å². The number of alkyl halides is 1. The van der Waals surface area contributed by atoms with Gasteiger partial charge in [-0.05, 0) is 57.3 Å². The smallest absolute Gasteiger partial charge is 0.0687 e. The van der Waals surface area contributed by atoms with Crippen LogP contribution in [0.15, 0.2) is 0 Å².